The van der Waals surface area contributed by atoms with E-state index in [1.165, 1.54) is 75.8 Å². The minimum atomic E-state index is 1.05. The normalized spacial score (nSPS) is 11.2. The summed E-state index contributed by atoms with van der Waals surface area (Å²) < 4.78 is 0. The molecule has 0 atom stereocenters. The van der Waals surface area contributed by atoms with Crippen molar-refractivity contribution < 1.29 is 0 Å². The molecule has 0 fully saturated rings. The Kier molecular flexibility index (Phi) is 24.2. The molecule has 21 aromatic rings. The lowest BCUT2D eigenvalue weighted by Crippen LogP contribution is -2.16. The second-order valence-corrected chi connectivity index (χ2v) is 30.3. The topological polar surface area (TPSA) is 16.2 Å². The monoisotopic (exact) mass is 1580 g/mol. The van der Waals surface area contributed by atoms with E-state index in [-0.39, 0.29) is 0 Å². The highest BCUT2D eigenvalue weighted by atomic mass is 15.2. The summed E-state index contributed by atoms with van der Waals surface area (Å²) in [5, 5.41) is 15.9. The van der Waals surface area contributed by atoms with Gasteiger partial charge in [-0.1, -0.05) is 340 Å². The van der Waals surface area contributed by atoms with Gasteiger partial charge in [-0.05, 0) is 277 Å². The third-order valence-corrected chi connectivity index (χ3v) is 22.4. The van der Waals surface area contributed by atoms with E-state index in [1.54, 1.807) is 0 Å². The molecule has 0 aliphatic heterocycles. The van der Waals surface area contributed by atoms with Gasteiger partial charge >= 0.3 is 0 Å². The van der Waals surface area contributed by atoms with Crippen LogP contribution in [0.25, 0.3) is 64.6 Å². The first-order valence-electron chi connectivity index (χ1n) is 42.1. The molecule has 21 aromatic carbocycles. The van der Waals surface area contributed by atoms with Crippen molar-refractivity contribution in [3.8, 4) is 0 Å². The van der Waals surface area contributed by atoms with Crippen molar-refractivity contribution in [3.63, 3.8) is 0 Å². The van der Waals surface area contributed by atoms with Crippen molar-refractivity contribution in [1.82, 2.24) is 0 Å². The Morgan fingerprint density at radius 2 is 0.325 bits per heavy atom. The van der Waals surface area contributed by atoms with Gasteiger partial charge in [0.15, 0.2) is 0 Å². The van der Waals surface area contributed by atoms with E-state index >= 15 is 0 Å². The van der Waals surface area contributed by atoms with Crippen LogP contribution in [0.5, 0.6) is 0 Å². The molecule has 0 saturated heterocycles. The molecule has 22 rings (SSSR count). The summed E-state index contributed by atoms with van der Waals surface area (Å²) >= 11 is 0. The molecule has 0 unspecified atom stereocenters. The van der Waals surface area contributed by atoms with Gasteiger partial charge in [0.05, 0.1) is 17.1 Å². The quantitative estimate of drug-likeness (QED) is 0.0576. The predicted molar refractivity (Wildman–Crippen MR) is 527 cm³/mol. The van der Waals surface area contributed by atoms with E-state index < -0.39 is 0 Å². The van der Waals surface area contributed by atoms with Crippen LogP contribution in [-0.2, 0) is 12.8 Å². The Labute approximate surface area is 721 Å². The molecule has 0 amide bonds. The molecule has 123 heavy (non-hydrogen) atoms. The van der Waals surface area contributed by atoms with Gasteiger partial charge in [-0.25, -0.2) is 0 Å². The maximum Gasteiger partial charge on any atom is 0.0503 e. The van der Waals surface area contributed by atoms with Crippen LogP contribution in [0.2, 0.25) is 0 Å². The van der Waals surface area contributed by atoms with Gasteiger partial charge in [-0.15, -0.1) is 0 Å². The van der Waals surface area contributed by atoms with Crippen molar-refractivity contribution in [3.05, 3.63) is 539 Å². The zero-order chi connectivity index (χ0) is 82.6. The number of anilines is 15. The molecule has 5 nitrogen and oxygen atoms in total. The van der Waals surface area contributed by atoms with Crippen molar-refractivity contribution >= 4 is 150 Å². The number of nitrogens with zero attached hydrogens (tertiary/aromatic N) is 5. The summed E-state index contributed by atoms with van der Waals surface area (Å²) in [6, 6.07) is 182. The zero-order valence-electron chi connectivity index (χ0n) is 68.4. The van der Waals surface area contributed by atoms with Crippen molar-refractivity contribution in [2.45, 2.75) is 12.8 Å². The Morgan fingerprint density at radius 3 is 0.626 bits per heavy atom. The summed E-state index contributed by atoms with van der Waals surface area (Å²) in [4.78, 5) is 11.5. The Bertz CT molecular complexity index is 6380. The van der Waals surface area contributed by atoms with Crippen LogP contribution < -0.4 is 24.5 Å². The first kappa shape index (κ1) is 78.1. The lowest BCUT2D eigenvalue weighted by molar-refractivity contribution is 1.11. The largest absolute Gasteiger partial charge is 0.311 e. The Morgan fingerprint density at radius 1 is 0.122 bits per heavy atom. The van der Waals surface area contributed by atoms with Gasteiger partial charge in [-0.2, -0.15) is 0 Å². The second kappa shape index (κ2) is 38.1. The smallest absolute Gasteiger partial charge is 0.0503 e. The van der Waals surface area contributed by atoms with Crippen molar-refractivity contribution in [1.29, 1.82) is 0 Å². The number of hydrogen-bond donors (Lipinski definition) is 0. The molecule has 0 spiro atoms. The number of para-hydroxylation sites is 10. The van der Waals surface area contributed by atoms with E-state index in [4.69, 9.17) is 0 Å². The molecule has 5 heteroatoms. The lowest BCUT2D eigenvalue weighted by atomic mass is 9.92. The van der Waals surface area contributed by atoms with E-state index in [2.05, 4.69) is 528 Å². The van der Waals surface area contributed by atoms with Gasteiger partial charge in [0.25, 0.3) is 0 Å². The first-order valence-corrected chi connectivity index (χ1v) is 42.1. The fourth-order valence-corrected chi connectivity index (χ4v) is 16.5. The van der Waals surface area contributed by atoms with Gasteiger partial charge < -0.3 is 24.5 Å². The maximum absolute atomic E-state index is 2.33. The first-order chi connectivity index (χ1) is 61.0. The molecule has 1 aliphatic rings. The van der Waals surface area contributed by atoms with Crippen LogP contribution in [0.15, 0.2) is 528 Å². The van der Waals surface area contributed by atoms with Crippen LogP contribution in [0.3, 0.4) is 0 Å². The SMILES string of the molecule is C1=CCc2c(ccc3ccccc23)C1.c1ccc(N(c2ccccc2)c2cc(N(c3ccccc3)c3ccccc3)cc(N(c3ccccc3)c3ccccc3)c2)cc1.c1ccc(N(c2ccccc2)c2ccc(N(c3ccccc3)c3ccccc3)cc2)cc1.c1ccc2cc3c(ccc4ccccc43)cc2c1.c1ccc2cc3ccccc3cc2c1. The Hall–Kier alpha value is -16.1. The summed E-state index contributed by atoms with van der Waals surface area (Å²) in [5.74, 6) is 0. The average Bonchev–Trinajstić information content (AvgIpc) is 0.774. The van der Waals surface area contributed by atoms with Crippen LogP contribution in [-0.4, -0.2) is 0 Å². The number of hydrogen-bond acceptors (Lipinski definition) is 5. The lowest BCUT2D eigenvalue weighted by Gasteiger charge is -2.33. The molecule has 0 bridgehead atoms. The Balaban J connectivity index is 0.000000114. The summed E-state index contributed by atoms with van der Waals surface area (Å²) in [5.41, 5.74) is 19.5. The third-order valence-electron chi connectivity index (χ3n) is 22.4. The highest BCUT2D eigenvalue weighted by molar-refractivity contribution is 6.12. The van der Waals surface area contributed by atoms with Crippen LogP contribution in [0, 0.1) is 0 Å². The molecule has 0 heterocycles. The molecule has 588 valence electrons. The fourth-order valence-electron chi connectivity index (χ4n) is 16.5. The molecule has 0 N–H and O–H groups in total. The highest BCUT2D eigenvalue weighted by Crippen LogP contribution is 2.47. The number of benzene rings is 21. The third kappa shape index (κ3) is 18.3. The van der Waals surface area contributed by atoms with Crippen LogP contribution >= 0.6 is 0 Å². The summed E-state index contributed by atoms with van der Waals surface area (Å²) in [6.07, 6.45) is 6.72. The van der Waals surface area contributed by atoms with Gasteiger partial charge in [-0.3, -0.25) is 0 Å². The molecule has 0 aromatic heterocycles. The van der Waals surface area contributed by atoms with E-state index in [0.717, 1.165) is 98.2 Å². The molecule has 1 aliphatic carbocycles. The van der Waals surface area contributed by atoms with Crippen molar-refractivity contribution in [2.75, 3.05) is 24.5 Å². The molecule has 0 saturated carbocycles. The fraction of sp³-hybridized carbons (Fsp3) is 0.0169. The molecular weight excluding hydrogens is 1490 g/mol. The van der Waals surface area contributed by atoms with Gasteiger partial charge in [0.1, 0.15) is 0 Å². The van der Waals surface area contributed by atoms with Gasteiger partial charge in [0, 0.05) is 68.2 Å². The van der Waals surface area contributed by atoms with E-state index in [0.29, 0.717) is 0 Å². The van der Waals surface area contributed by atoms with Crippen LogP contribution in [0.4, 0.5) is 85.3 Å². The second-order valence-electron chi connectivity index (χ2n) is 30.3. The maximum atomic E-state index is 2.33. The zero-order valence-corrected chi connectivity index (χ0v) is 68.4. The molecule has 0 radical (unpaired) electrons. The minimum absolute atomic E-state index is 1.05. The highest BCUT2D eigenvalue weighted by Gasteiger charge is 2.23. The van der Waals surface area contributed by atoms with Crippen molar-refractivity contribution in [2.24, 2.45) is 0 Å². The molecular formula is C118H91N5. The minimum Gasteiger partial charge on any atom is -0.311 e. The average molecular weight is 1580 g/mol. The van der Waals surface area contributed by atoms with Gasteiger partial charge in [0.2, 0.25) is 0 Å². The predicted octanol–water partition coefficient (Wildman–Crippen LogP) is 33.4. The van der Waals surface area contributed by atoms with Crippen LogP contribution in [0.1, 0.15) is 11.1 Å². The summed E-state index contributed by atoms with van der Waals surface area (Å²) in [7, 11) is 0. The standard InChI is InChI=1S/C42H33N3.C30H24N2.C18H12.C14H12.C14H10/c1-7-19-34(20-8-1)43(35-21-9-2-10-22-35)40-31-41(44(36-23-11-3-12-24-36)37-25-13-4-14-26-37)33-42(32-40)45(38-27-15-5-16-28-38)39-29-17-6-18-30-39;1-5-13-25(14-6-1)31(26-15-7-2-8-16-26)29-21-23-30(24-22-29)32(27-17-9-3-10-18-27)28-19-11-4-12-20-28;1-2-7-15-12-18-16(11-14(15)6-1)10-9-13-5-3-4-8-17(13)18;1-3-7-13-11(5-1)9-10-12-6-2-4-8-14(12)13;1-2-6-12-10-14-8-4-3-7-13(14)9-11(12)5-1/h1-33H;1-24H;1-12H;1-5,7,9-10H,6,8H2;1-10H. The number of rotatable bonds is 15. The number of allylic oxidation sites excluding steroid dienone is 2. The van der Waals surface area contributed by atoms with E-state index in [1.807, 2.05) is 24.3 Å². The summed E-state index contributed by atoms with van der Waals surface area (Å²) in [6.45, 7) is 0. The van der Waals surface area contributed by atoms with E-state index in [9.17, 15) is 0 Å². The number of fused-ring (bicyclic) bond motifs is 9.